The summed E-state index contributed by atoms with van der Waals surface area (Å²) < 4.78 is 11.2. The third-order valence-electron chi connectivity index (χ3n) is 6.86. The molecule has 0 spiro atoms. The summed E-state index contributed by atoms with van der Waals surface area (Å²) in [5, 5.41) is 2.63. The summed E-state index contributed by atoms with van der Waals surface area (Å²) in [5.74, 6) is 1.03. The van der Waals surface area contributed by atoms with E-state index in [-0.39, 0.29) is 12.5 Å². The van der Waals surface area contributed by atoms with Crippen molar-refractivity contribution in [3.8, 4) is 16.9 Å². The van der Waals surface area contributed by atoms with Crippen LogP contribution in [0, 0.1) is 13.8 Å². The maximum Gasteiger partial charge on any atom is 0.407 e. The van der Waals surface area contributed by atoms with Crippen molar-refractivity contribution in [1.29, 1.82) is 0 Å². The van der Waals surface area contributed by atoms with Gasteiger partial charge in [-0.3, -0.25) is 4.79 Å². The molecule has 0 bridgehead atoms. The van der Waals surface area contributed by atoms with E-state index < -0.39 is 6.09 Å². The van der Waals surface area contributed by atoms with Crippen molar-refractivity contribution < 1.29 is 19.1 Å². The number of amides is 2. The largest absolute Gasteiger partial charge is 0.493 e. The Bertz CT molecular complexity index is 1240. The predicted octanol–water partition coefficient (Wildman–Crippen LogP) is 7.38. The average molecular weight is 531 g/mol. The van der Waals surface area contributed by atoms with Gasteiger partial charge < -0.3 is 19.7 Å². The van der Waals surface area contributed by atoms with E-state index in [2.05, 4.69) is 49.5 Å². The second kappa shape index (κ2) is 15.0. The Labute approximate surface area is 233 Å². The minimum Gasteiger partial charge on any atom is -0.493 e. The lowest BCUT2D eigenvalue weighted by molar-refractivity contribution is -0.118. The Balaban J connectivity index is 0.00000205. The van der Waals surface area contributed by atoms with E-state index in [0.717, 1.165) is 53.1 Å². The summed E-state index contributed by atoms with van der Waals surface area (Å²) in [4.78, 5) is 26.7. The summed E-state index contributed by atoms with van der Waals surface area (Å²) in [6, 6.07) is 20.3. The van der Waals surface area contributed by atoms with Gasteiger partial charge in [0, 0.05) is 25.2 Å². The van der Waals surface area contributed by atoms with Gasteiger partial charge in [-0.05, 0) is 85.5 Å². The zero-order valence-electron chi connectivity index (χ0n) is 24.0. The molecule has 1 aliphatic heterocycles. The van der Waals surface area contributed by atoms with Gasteiger partial charge in [0.05, 0.1) is 6.61 Å². The van der Waals surface area contributed by atoms with Crippen LogP contribution >= 0.6 is 0 Å². The number of carbonyl (C=O) groups is 2. The van der Waals surface area contributed by atoms with Crippen LogP contribution in [0.15, 0.2) is 60.7 Å². The zero-order valence-corrected chi connectivity index (χ0v) is 24.0. The number of alkyl carbamates (subject to hydrolysis) is 1. The Morgan fingerprint density at radius 2 is 1.72 bits per heavy atom. The van der Waals surface area contributed by atoms with Crippen LogP contribution in [0.25, 0.3) is 11.1 Å². The molecule has 3 aromatic rings. The number of anilines is 1. The van der Waals surface area contributed by atoms with E-state index in [1.165, 1.54) is 11.1 Å². The third-order valence-corrected chi connectivity index (χ3v) is 6.86. The van der Waals surface area contributed by atoms with Gasteiger partial charge in [-0.1, -0.05) is 62.4 Å². The van der Waals surface area contributed by atoms with Gasteiger partial charge in [0.15, 0.2) is 0 Å². The van der Waals surface area contributed by atoms with E-state index in [1.54, 1.807) is 0 Å². The molecule has 0 aromatic heterocycles. The average Bonchev–Trinajstić information content (AvgIpc) is 2.97. The Morgan fingerprint density at radius 1 is 0.974 bits per heavy atom. The summed E-state index contributed by atoms with van der Waals surface area (Å²) in [5.41, 5.74) is 7.73. The van der Waals surface area contributed by atoms with E-state index in [9.17, 15) is 9.59 Å². The van der Waals surface area contributed by atoms with E-state index in [1.807, 2.05) is 56.0 Å². The number of hydrogen-bond acceptors (Lipinski definition) is 4. The van der Waals surface area contributed by atoms with Crippen LogP contribution in [0.3, 0.4) is 0 Å². The van der Waals surface area contributed by atoms with E-state index in [0.29, 0.717) is 26.0 Å². The molecule has 4 rings (SSSR count). The van der Waals surface area contributed by atoms with Gasteiger partial charge in [-0.2, -0.15) is 0 Å². The first kappa shape index (κ1) is 29.8. The Morgan fingerprint density at radius 3 is 2.46 bits per heavy atom. The molecule has 0 fully saturated rings. The van der Waals surface area contributed by atoms with Crippen molar-refractivity contribution in [3.63, 3.8) is 0 Å². The highest BCUT2D eigenvalue weighted by Gasteiger charge is 2.24. The third kappa shape index (κ3) is 7.85. The van der Waals surface area contributed by atoms with Crippen LogP contribution < -0.4 is 15.0 Å². The van der Waals surface area contributed by atoms with Crippen LogP contribution in [-0.2, 0) is 22.6 Å². The molecule has 6 nitrogen and oxygen atoms in total. The van der Waals surface area contributed by atoms with Gasteiger partial charge in [0.2, 0.25) is 5.91 Å². The number of hydrogen-bond donors (Lipinski definition) is 1. The fourth-order valence-corrected chi connectivity index (χ4v) is 4.70. The maximum absolute atomic E-state index is 13.2. The van der Waals surface area contributed by atoms with Gasteiger partial charge >= 0.3 is 6.09 Å². The molecule has 6 heteroatoms. The molecule has 1 N–H and O–H groups in total. The van der Waals surface area contributed by atoms with Crippen LogP contribution in [0.4, 0.5) is 10.5 Å². The number of carbonyl (C=O) groups excluding carboxylic acids is 2. The normalized spacial score (nSPS) is 12.1. The van der Waals surface area contributed by atoms with Crippen molar-refractivity contribution in [2.75, 3.05) is 24.6 Å². The molecule has 0 atom stereocenters. The van der Waals surface area contributed by atoms with Crippen molar-refractivity contribution in [2.24, 2.45) is 0 Å². The van der Waals surface area contributed by atoms with Crippen LogP contribution in [0.1, 0.15) is 62.3 Å². The second-order valence-electron chi connectivity index (χ2n) is 9.41. The minimum atomic E-state index is -0.412. The highest BCUT2D eigenvalue weighted by Crippen LogP contribution is 2.36. The first-order valence-electron chi connectivity index (χ1n) is 14.1. The zero-order chi connectivity index (χ0) is 28.2. The lowest BCUT2D eigenvalue weighted by Crippen LogP contribution is -2.35. The summed E-state index contributed by atoms with van der Waals surface area (Å²) in [6.07, 6.45) is 2.59. The predicted molar refractivity (Wildman–Crippen MR) is 158 cm³/mol. The fraction of sp³-hybridized carbons (Fsp3) is 0.394. The van der Waals surface area contributed by atoms with Crippen LogP contribution in [-0.4, -0.2) is 31.7 Å². The molecular formula is C33H42N2O4. The smallest absolute Gasteiger partial charge is 0.407 e. The summed E-state index contributed by atoms with van der Waals surface area (Å²) in [6.45, 7) is 12.0. The molecule has 0 aliphatic carbocycles. The van der Waals surface area contributed by atoms with E-state index >= 15 is 0 Å². The Hall–Kier alpha value is -3.80. The molecule has 1 heterocycles. The first-order valence-corrected chi connectivity index (χ1v) is 14.1. The molecule has 2 amide bonds. The number of ether oxygens (including phenoxy) is 2. The summed E-state index contributed by atoms with van der Waals surface area (Å²) in [7, 11) is 0. The first-order chi connectivity index (χ1) is 19.0. The monoisotopic (exact) mass is 530 g/mol. The van der Waals surface area contributed by atoms with Crippen molar-refractivity contribution in [1.82, 2.24) is 5.32 Å². The Kier molecular flexibility index (Phi) is 11.4. The SMILES string of the molecule is CC.CCNC(=O)OCc1ccc(-c2cccc3c2CCCN3C(=O)CCCOc2cccc(C)c2C)cc1. The van der Waals surface area contributed by atoms with Crippen molar-refractivity contribution in [2.45, 2.75) is 66.9 Å². The lowest BCUT2D eigenvalue weighted by Gasteiger charge is -2.31. The number of nitrogens with one attached hydrogen (secondary N) is 1. The van der Waals surface area contributed by atoms with Crippen molar-refractivity contribution >= 4 is 17.7 Å². The summed E-state index contributed by atoms with van der Waals surface area (Å²) >= 11 is 0. The van der Waals surface area contributed by atoms with Crippen molar-refractivity contribution in [3.05, 3.63) is 82.9 Å². The number of rotatable bonds is 9. The number of aryl methyl sites for hydroxylation is 1. The maximum atomic E-state index is 13.2. The minimum absolute atomic E-state index is 0.139. The fourth-order valence-electron chi connectivity index (χ4n) is 4.70. The molecule has 0 radical (unpaired) electrons. The lowest BCUT2D eigenvalue weighted by atomic mass is 9.91. The van der Waals surface area contributed by atoms with Gasteiger partial charge in [0.1, 0.15) is 12.4 Å². The molecule has 0 saturated carbocycles. The quantitative estimate of drug-likeness (QED) is 0.293. The van der Waals surface area contributed by atoms with E-state index in [4.69, 9.17) is 9.47 Å². The molecule has 0 unspecified atom stereocenters. The topological polar surface area (TPSA) is 67.9 Å². The van der Waals surface area contributed by atoms with Gasteiger partial charge in [0.25, 0.3) is 0 Å². The molecule has 3 aromatic carbocycles. The molecular weight excluding hydrogens is 488 g/mol. The standard InChI is InChI=1S/C31H36N2O4.C2H6/c1-4-32-31(35)37-21-24-15-17-25(18-16-24)26-10-6-12-28-27(26)11-7-19-33(28)30(34)14-8-20-36-29-13-5-9-22(2)23(29)3;1-2/h5-6,9-10,12-13,15-18H,4,7-8,11,14,19-21H2,1-3H3,(H,32,35);1-2H3. The highest BCUT2D eigenvalue weighted by atomic mass is 16.5. The second-order valence-corrected chi connectivity index (χ2v) is 9.41. The molecule has 1 aliphatic rings. The molecule has 39 heavy (non-hydrogen) atoms. The van der Waals surface area contributed by atoms with Gasteiger partial charge in [-0.15, -0.1) is 0 Å². The molecule has 208 valence electrons. The van der Waals surface area contributed by atoms with Crippen LogP contribution in [0.5, 0.6) is 5.75 Å². The number of nitrogens with zero attached hydrogens (tertiary/aromatic N) is 1. The number of benzene rings is 3. The highest BCUT2D eigenvalue weighted by molar-refractivity contribution is 5.96. The van der Waals surface area contributed by atoms with Crippen LogP contribution in [0.2, 0.25) is 0 Å². The number of fused-ring (bicyclic) bond motifs is 1. The molecule has 0 saturated heterocycles. The van der Waals surface area contributed by atoms with Gasteiger partial charge in [-0.25, -0.2) is 4.79 Å².